The average Bonchev–Trinajstić information content (AvgIpc) is 2.28. The number of allylic oxidation sites excluding steroid dienone is 6. The lowest BCUT2D eigenvalue weighted by molar-refractivity contribution is 1.09. The van der Waals surface area contributed by atoms with Crippen LogP contribution in [-0.4, -0.2) is 0 Å². The van der Waals surface area contributed by atoms with Crippen molar-refractivity contribution in [1.29, 1.82) is 0 Å². The Bertz CT molecular complexity index is 304. The van der Waals surface area contributed by atoms with Crippen molar-refractivity contribution in [3.05, 3.63) is 47.9 Å². The van der Waals surface area contributed by atoms with Gasteiger partial charge in [0.05, 0.1) is 5.70 Å². The van der Waals surface area contributed by atoms with E-state index in [1.54, 1.807) is 6.20 Å². The lowest BCUT2D eigenvalue weighted by atomic mass is 10.0. The first-order valence-corrected chi connectivity index (χ1v) is 3.60. The molecule has 2 rings (SSSR count). The fraction of sp³-hybridized carbons (Fsp3) is 0.111. The molecule has 0 saturated heterocycles. The van der Waals surface area contributed by atoms with Gasteiger partial charge in [-0.05, 0) is 24.1 Å². The molecule has 2 aliphatic rings. The summed E-state index contributed by atoms with van der Waals surface area (Å²) in [6, 6.07) is 0. The zero-order chi connectivity index (χ0) is 7.52. The second-order valence-corrected chi connectivity index (χ2v) is 2.43. The molecular weight excluding hydrogens is 136 g/mol. The average molecular weight is 144 g/mol. The minimum absolute atomic E-state index is 0.967. The molecule has 0 aromatic heterocycles. The summed E-state index contributed by atoms with van der Waals surface area (Å²) in [5, 5.41) is 7.87. The van der Waals surface area contributed by atoms with Crippen molar-refractivity contribution in [2.45, 2.75) is 6.42 Å². The molecule has 2 nitrogen and oxygen atoms in total. The maximum atomic E-state index is 4.02. The van der Waals surface area contributed by atoms with Crippen molar-refractivity contribution in [3.8, 4) is 0 Å². The largest absolute Gasteiger partial charge is 0.159 e. The number of hydrogen-bond donors (Lipinski definition) is 0. The normalized spacial score (nSPS) is 20.4. The predicted octanol–water partition coefficient (Wildman–Crippen LogP) is 2.74. The Balaban J connectivity index is 2.44. The van der Waals surface area contributed by atoms with Crippen molar-refractivity contribution in [3.63, 3.8) is 0 Å². The Morgan fingerprint density at radius 3 is 3.18 bits per heavy atom. The van der Waals surface area contributed by atoms with Gasteiger partial charge in [-0.15, -0.1) is 0 Å². The fourth-order valence-corrected chi connectivity index (χ4v) is 1.11. The monoisotopic (exact) mass is 144 g/mol. The van der Waals surface area contributed by atoms with Crippen LogP contribution in [0.4, 0.5) is 0 Å². The van der Waals surface area contributed by atoms with E-state index in [4.69, 9.17) is 0 Å². The topological polar surface area (TPSA) is 24.7 Å². The number of fused-ring (bicyclic) bond motifs is 1. The molecule has 11 heavy (non-hydrogen) atoms. The van der Waals surface area contributed by atoms with Crippen molar-refractivity contribution in [2.24, 2.45) is 10.2 Å². The Kier molecular flexibility index (Phi) is 1.52. The third kappa shape index (κ3) is 1.19. The second-order valence-electron chi connectivity index (χ2n) is 2.43. The Morgan fingerprint density at radius 2 is 2.18 bits per heavy atom. The van der Waals surface area contributed by atoms with E-state index >= 15 is 0 Å². The molecule has 0 saturated carbocycles. The number of azo groups is 1. The first kappa shape index (κ1) is 6.28. The van der Waals surface area contributed by atoms with Crippen LogP contribution in [0.3, 0.4) is 0 Å². The van der Waals surface area contributed by atoms with Crippen LogP contribution in [0, 0.1) is 0 Å². The molecule has 0 unspecified atom stereocenters. The van der Waals surface area contributed by atoms with Gasteiger partial charge in [-0.3, -0.25) is 0 Å². The number of hydrogen-bond acceptors (Lipinski definition) is 2. The van der Waals surface area contributed by atoms with Crippen LogP contribution in [0.2, 0.25) is 0 Å². The molecule has 0 spiro atoms. The van der Waals surface area contributed by atoms with Gasteiger partial charge in [0.1, 0.15) is 0 Å². The van der Waals surface area contributed by atoms with Gasteiger partial charge in [-0.1, -0.05) is 18.2 Å². The molecule has 0 fully saturated rings. The summed E-state index contributed by atoms with van der Waals surface area (Å²) < 4.78 is 0. The molecule has 54 valence electrons. The van der Waals surface area contributed by atoms with Crippen molar-refractivity contribution in [1.82, 2.24) is 0 Å². The second kappa shape index (κ2) is 2.66. The smallest absolute Gasteiger partial charge is 0.0891 e. The summed E-state index contributed by atoms with van der Waals surface area (Å²) in [5.74, 6) is 0. The zero-order valence-corrected chi connectivity index (χ0v) is 6.07. The summed E-state index contributed by atoms with van der Waals surface area (Å²) in [7, 11) is 0. The molecule has 2 heteroatoms. The molecule has 0 N–H and O–H groups in total. The first-order valence-electron chi connectivity index (χ1n) is 3.60. The highest BCUT2D eigenvalue weighted by atomic mass is 15.1. The lowest BCUT2D eigenvalue weighted by Gasteiger charge is -2.04. The molecule has 0 radical (unpaired) electrons. The lowest BCUT2D eigenvalue weighted by Crippen LogP contribution is -1.87. The molecule has 0 atom stereocenters. The predicted molar refractivity (Wildman–Crippen MR) is 43.9 cm³/mol. The van der Waals surface area contributed by atoms with Gasteiger partial charge in [0.25, 0.3) is 0 Å². The maximum absolute atomic E-state index is 4.02. The standard InChI is InChI=1S/C9H8N2/c1-2-6-9-8(4-1)5-3-7-10-11-9/h1-3,5-7H,4H2. The van der Waals surface area contributed by atoms with Gasteiger partial charge in [0, 0.05) is 6.20 Å². The van der Waals surface area contributed by atoms with Crippen LogP contribution < -0.4 is 0 Å². The van der Waals surface area contributed by atoms with E-state index in [1.807, 2.05) is 18.2 Å². The summed E-state index contributed by atoms with van der Waals surface area (Å²) >= 11 is 0. The van der Waals surface area contributed by atoms with E-state index in [0.717, 1.165) is 12.1 Å². The minimum atomic E-state index is 0.967. The minimum Gasteiger partial charge on any atom is -0.159 e. The van der Waals surface area contributed by atoms with E-state index in [-0.39, 0.29) is 0 Å². The fourth-order valence-electron chi connectivity index (χ4n) is 1.11. The van der Waals surface area contributed by atoms with Crippen LogP contribution in [-0.2, 0) is 0 Å². The Hall–Kier alpha value is -1.44. The van der Waals surface area contributed by atoms with E-state index in [2.05, 4.69) is 22.4 Å². The van der Waals surface area contributed by atoms with Gasteiger partial charge in [-0.25, -0.2) is 0 Å². The van der Waals surface area contributed by atoms with E-state index in [1.165, 1.54) is 5.57 Å². The van der Waals surface area contributed by atoms with Crippen LogP contribution in [0.25, 0.3) is 0 Å². The van der Waals surface area contributed by atoms with Crippen molar-refractivity contribution < 1.29 is 0 Å². The van der Waals surface area contributed by atoms with Crippen LogP contribution in [0.5, 0.6) is 0 Å². The van der Waals surface area contributed by atoms with Crippen molar-refractivity contribution in [2.75, 3.05) is 0 Å². The molecule has 0 bridgehead atoms. The van der Waals surface area contributed by atoms with E-state index in [9.17, 15) is 0 Å². The molecule has 1 aliphatic heterocycles. The highest BCUT2D eigenvalue weighted by Crippen LogP contribution is 2.22. The zero-order valence-electron chi connectivity index (χ0n) is 6.07. The van der Waals surface area contributed by atoms with Gasteiger partial charge in [-0.2, -0.15) is 10.2 Å². The molecule has 1 heterocycles. The molecule has 0 aromatic carbocycles. The first-order chi connectivity index (χ1) is 5.47. The quantitative estimate of drug-likeness (QED) is 0.499. The third-order valence-electron chi connectivity index (χ3n) is 1.67. The van der Waals surface area contributed by atoms with E-state index < -0.39 is 0 Å². The van der Waals surface area contributed by atoms with Gasteiger partial charge >= 0.3 is 0 Å². The molecule has 0 amide bonds. The highest BCUT2D eigenvalue weighted by molar-refractivity contribution is 5.40. The summed E-state index contributed by atoms with van der Waals surface area (Å²) in [4.78, 5) is 0. The SMILES string of the molecule is C1=CCC2=CC=CN=NC2=C1. The van der Waals surface area contributed by atoms with Gasteiger partial charge in [0.15, 0.2) is 0 Å². The van der Waals surface area contributed by atoms with Gasteiger partial charge < -0.3 is 0 Å². The summed E-state index contributed by atoms with van der Waals surface area (Å²) in [6.45, 7) is 0. The highest BCUT2D eigenvalue weighted by Gasteiger charge is 2.05. The number of rotatable bonds is 0. The van der Waals surface area contributed by atoms with Crippen LogP contribution >= 0.6 is 0 Å². The summed E-state index contributed by atoms with van der Waals surface area (Å²) in [5.41, 5.74) is 2.22. The Morgan fingerprint density at radius 1 is 1.18 bits per heavy atom. The van der Waals surface area contributed by atoms with Crippen molar-refractivity contribution >= 4 is 0 Å². The maximum Gasteiger partial charge on any atom is 0.0891 e. The molecule has 1 aliphatic carbocycles. The number of nitrogens with zero attached hydrogens (tertiary/aromatic N) is 2. The van der Waals surface area contributed by atoms with E-state index in [0.29, 0.717) is 0 Å². The Labute approximate surface area is 65.3 Å². The van der Waals surface area contributed by atoms with Gasteiger partial charge in [0.2, 0.25) is 0 Å². The van der Waals surface area contributed by atoms with Crippen LogP contribution in [0.15, 0.2) is 58.1 Å². The van der Waals surface area contributed by atoms with Crippen LogP contribution in [0.1, 0.15) is 6.42 Å². The third-order valence-corrected chi connectivity index (χ3v) is 1.67. The molecule has 0 aromatic rings. The summed E-state index contributed by atoms with van der Waals surface area (Å²) in [6.07, 6.45) is 12.7. The molecular formula is C9H8N2.